The number of hydrazone groups is 1. The fraction of sp³-hybridized carbons (Fsp3) is 0.429. The highest BCUT2D eigenvalue weighted by Crippen LogP contribution is 2.09. The van der Waals surface area contributed by atoms with Gasteiger partial charge in [0.2, 0.25) is 0 Å². The summed E-state index contributed by atoms with van der Waals surface area (Å²) in [6.07, 6.45) is 0. The number of hydrogen-bond donors (Lipinski definition) is 1. The van der Waals surface area contributed by atoms with Crippen LogP contribution in [0.4, 0.5) is 5.69 Å². The summed E-state index contributed by atoms with van der Waals surface area (Å²) in [6, 6.07) is 7.89. The van der Waals surface area contributed by atoms with Gasteiger partial charge in [0.15, 0.2) is 11.6 Å². The van der Waals surface area contributed by atoms with Gasteiger partial charge < -0.3 is 4.90 Å². The van der Waals surface area contributed by atoms with E-state index in [0.29, 0.717) is 5.84 Å². The molecule has 0 aliphatic heterocycles. The lowest BCUT2D eigenvalue weighted by Crippen LogP contribution is -2.36. The number of nitrogens with one attached hydrogen (secondary N) is 1. The minimum absolute atomic E-state index is 0.0288. The first-order valence-corrected chi connectivity index (χ1v) is 6.24. The Hall–Kier alpha value is -1.84. The van der Waals surface area contributed by atoms with Crippen molar-refractivity contribution in [1.29, 1.82) is 0 Å². The van der Waals surface area contributed by atoms with Crippen LogP contribution in [0.3, 0.4) is 0 Å². The molecule has 0 aromatic heterocycles. The van der Waals surface area contributed by atoms with Crippen LogP contribution >= 0.6 is 0 Å². The molecule has 0 saturated heterocycles. The summed E-state index contributed by atoms with van der Waals surface area (Å²) < 4.78 is 0. The van der Waals surface area contributed by atoms with Gasteiger partial charge in [-0.2, -0.15) is 5.10 Å². The molecule has 0 unspecified atom stereocenters. The van der Waals surface area contributed by atoms with Gasteiger partial charge in [0, 0.05) is 20.0 Å². The average molecular weight is 247 g/mol. The molecule has 0 radical (unpaired) electrons. The normalized spacial score (nSPS) is 11.2. The van der Waals surface area contributed by atoms with Crippen molar-refractivity contribution in [2.45, 2.75) is 27.7 Å². The largest absolute Gasteiger partial charge is 0.353 e. The molecular formula is C14H21N3O. The van der Waals surface area contributed by atoms with Gasteiger partial charge in [0.1, 0.15) is 0 Å². The summed E-state index contributed by atoms with van der Waals surface area (Å²) in [4.78, 5) is 13.5. The van der Waals surface area contributed by atoms with Gasteiger partial charge in [-0.25, -0.2) is 0 Å². The van der Waals surface area contributed by atoms with Gasteiger partial charge in [-0.3, -0.25) is 10.2 Å². The smallest absolute Gasteiger partial charge is 0.196 e. The number of amidine groups is 1. The topological polar surface area (TPSA) is 44.7 Å². The Labute approximate surface area is 109 Å². The van der Waals surface area contributed by atoms with Crippen molar-refractivity contribution in [3.8, 4) is 0 Å². The second-order valence-corrected chi connectivity index (χ2v) is 4.15. The van der Waals surface area contributed by atoms with E-state index in [1.807, 2.05) is 49.9 Å². The summed E-state index contributed by atoms with van der Waals surface area (Å²) in [7, 11) is 0. The summed E-state index contributed by atoms with van der Waals surface area (Å²) >= 11 is 0. The van der Waals surface area contributed by atoms with E-state index in [1.54, 1.807) is 0 Å². The molecule has 18 heavy (non-hydrogen) atoms. The molecule has 0 atom stereocenters. The van der Waals surface area contributed by atoms with Crippen molar-refractivity contribution in [3.05, 3.63) is 29.8 Å². The van der Waals surface area contributed by atoms with Crippen LogP contribution in [0.1, 0.15) is 26.3 Å². The number of hydrogen-bond acceptors (Lipinski definition) is 3. The van der Waals surface area contributed by atoms with Crippen LogP contribution in [-0.4, -0.2) is 29.6 Å². The van der Waals surface area contributed by atoms with Gasteiger partial charge >= 0.3 is 0 Å². The molecule has 1 N–H and O–H groups in total. The SMILES string of the molecule is CCN(CC)/C(=N/Nc1cccc(C)c1)C(C)=O. The minimum atomic E-state index is -0.0288. The molecule has 4 heteroatoms. The number of ketones is 1. The van der Waals surface area contributed by atoms with Crippen molar-refractivity contribution >= 4 is 17.3 Å². The number of rotatable bonds is 5. The molecular weight excluding hydrogens is 226 g/mol. The van der Waals surface area contributed by atoms with Gasteiger partial charge in [0.05, 0.1) is 5.69 Å². The van der Waals surface area contributed by atoms with Crippen LogP contribution in [0.15, 0.2) is 29.4 Å². The first-order valence-electron chi connectivity index (χ1n) is 6.24. The summed E-state index contributed by atoms with van der Waals surface area (Å²) in [6.45, 7) is 9.11. The van der Waals surface area contributed by atoms with Crippen LogP contribution in [0, 0.1) is 6.92 Å². The van der Waals surface area contributed by atoms with Crippen molar-refractivity contribution in [2.75, 3.05) is 18.5 Å². The molecule has 0 heterocycles. The van der Waals surface area contributed by atoms with Crippen molar-refractivity contribution in [1.82, 2.24) is 4.90 Å². The Morgan fingerprint density at radius 3 is 2.50 bits per heavy atom. The van der Waals surface area contributed by atoms with Crippen molar-refractivity contribution in [3.63, 3.8) is 0 Å². The molecule has 0 spiro atoms. The lowest BCUT2D eigenvalue weighted by molar-refractivity contribution is -0.111. The number of Topliss-reactive ketones (excluding diaryl/α,β-unsaturated/α-hetero) is 1. The van der Waals surface area contributed by atoms with E-state index in [9.17, 15) is 4.79 Å². The predicted molar refractivity (Wildman–Crippen MR) is 75.8 cm³/mol. The highest BCUT2D eigenvalue weighted by Gasteiger charge is 2.12. The highest BCUT2D eigenvalue weighted by molar-refractivity contribution is 6.37. The molecule has 0 aliphatic rings. The lowest BCUT2D eigenvalue weighted by atomic mass is 10.2. The van der Waals surface area contributed by atoms with Crippen LogP contribution in [0.25, 0.3) is 0 Å². The van der Waals surface area contributed by atoms with Crippen molar-refractivity contribution < 1.29 is 4.79 Å². The van der Waals surface area contributed by atoms with Crippen LogP contribution in [0.2, 0.25) is 0 Å². The third kappa shape index (κ3) is 3.87. The lowest BCUT2D eigenvalue weighted by Gasteiger charge is -2.20. The maximum absolute atomic E-state index is 11.6. The van der Waals surface area contributed by atoms with E-state index < -0.39 is 0 Å². The number of nitrogens with zero attached hydrogens (tertiary/aromatic N) is 2. The van der Waals surface area contributed by atoms with E-state index in [0.717, 1.165) is 24.3 Å². The minimum Gasteiger partial charge on any atom is -0.353 e. The zero-order valence-electron chi connectivity index (χ0n) is 11.5. The molecule has 98 valence electrons. The number of benzene rings is 1. The van der Waals surface area contributed by atoms with Crippen molar-refractivity contribution in [2.24, 2.45) is 5.10 Å². The number of likely N-dealkylation sites (N-methyl/N-ethyl adjacent to an activating group) is 1. The second kappa shape index (κ2) is 6.79. The Kier molecular flexibility index (Phi) is 5.36. The second-order valence-electron chi connectivity index (χ2n) is 4.15. The number of aryl methyl sites for hydroxylation is 1. The average Bonchev–Trinajstić information content (AvgIpc) is 2.34. The third-order valence-electron chi connectivity index (χ3n) is 2.69. The molecule has 0 amide bonds. The Balaban J connectivity index is 2.87. The number of carbonyl (C=O) groups excluding carboxylic acids is 1. The van der Waals surface area contributed by atoms with Crippen LogP contribution in [-0.2, 0) is 4.79 Å². The molecule has 0 saturated carbocycles. The van der Waals surface area contributed by atoms with E-state index in [4.69, 9.17) is 0 Å². The number of anilines is 1. The van der Waals surface area contributed by atoms with E-state index in [2.05, 4.69) is 10.5 Å². The van der Waals surface area contributed by atoms with E-state index in [-0.39, 0.29) is 5.78 Å². The summed E-state index contributed by atoms with van der Waals surface area (Å²) in [5.74, 6) is 0.445. The summed E-state index contributed by atoms with van der Waals surface area (Å²) in [5, 5.41) is 4.22. The fourth-order valence-corrected chi connectivity index (χ4v) is 1.73. The molecule has 0 bridgehead atoms. The standard InChI is InChI=1S/C14H21N3O/c1-5-17(6-2)14(12(4)18)16-15-13-9-7-8-11(3)10-13/h7-10,15H,5-6H2,1-4H3/b16-14+. The van der Waals surface area contributed by atoms with Gasteiger partial charge in [-0.05, 0) is 38.5 Å². The summed E-state index contributed by atoms with van der Waals surface area (Å²) in [5.41, 5.74) is 4.99. The monoisotopic (exact) mass is 247 g/mol. The maximum atomic E-state index is 11.6. The number of carbonyl (C=O) groups is 1. The Bertz CT molecular complexity index is 436. The van der Waals surface area contributed by atoms with Gasteiger partial charge in [-0.1, -0.05) is 12.1 Å². The molecule has 1 aromatic carbocycles. The first-order chi connectivity index (χ1) is 8.58. The van der Waals surface area contributed by atoms with E-state index >= 15 is 0 Å². The van der Waals surface area contributed by atoms with Gasteiger partial charge in [0.25, 0.3) is 0 Å². The van der Waals surface area contributed by atoms with E-state index in [1.165, 1.54) is 6.92 Å². The Morgan fingerprint density at radius 2 is 2.00 bits per heavy atom. The molecule has 1 aromatic rings. The first kappa shape index (κ1) is 14.2. The molecule has 0 fully saturated rings. The van der Waals surface area contributed by atoms with Gasteiger partial charge in [-0.15, -0.1) is 0 Å². The third-order valence-corrected chi connectivity index (χ3v) is 2.69. The zero-order valence-corrected chi connectivity index (χ0v) is 11.5. The predicted octanol–water partition coefficient (Wildman–Crippen LogP) is 2.65. The zero-order chi connectivity index (χ0) is 13.5. The maximum Gasteiger partial charge on any atom is 0.196 e. The highest BCUT2D eigenvalue weighted by atomic mass is 16.1. The fourth-order valence-electron chi connectivity index (χ4n) is 1.73. The Morgan fingerprint density at radius 1 is 1.33 bits per heavy atom. The molecule has 4 nitrogen and oxygen atoms in total. The molecule has 0 aliphatic carbocycles. The molecule has 1 rings (SSSR count). The quantitative estimate of drug-likeness (QED) is 0.494. The van der Waals surface area contributed by atoms with Crippen LogP contribution < -0.4 is 5.43 Å². The van der Waals surface area contributed by atoms with Crippen LogP contribution in [0.5, 0.6) is 0 Å².